The smallest absolute Gasteiger partial charge is 0.277 e. The average Bonchev–Trinajstić information content (AvgIpc) is 3.27. The molecule has 8 heteroatoms. The van der Waals surface area contributed by atoms with Gasteiger partial charge in [0, 0.05) is 18.0 Å². The molecule has 1 N–H and O–H groups in total. The first kappa shape index (κ1) is 12.7. The molecule has 0 saturated carbocycles. The molecule has 7 nitrogen and oxygen atoms in total. The minimum atomic E-state index is -0.319. The Morgan fingerprint density at radius 3 is 3.00 bits per heavy atom. The second-order valence-electron chi connectivity index (χ2n) is 4.48. The van der Waals surface area contributed by atoms with Gasteiger partial charge in [0.2, 0.25) is 5.13 Å². The molecule has 0 spiro atoms. The molecule has 4 heterocycles. The number of hydrogen-bond donors (Lipinski definition) is 1. The summed E-state index contributed by atoms with van der Waals surface area (Å²) in [6, 6.07) is 7.43. The van der Waals surface area contributed by atoms with Crippen molar-refractivity contribution >= 4 is 28.0 Å². The summed E-state index contributed by atoms with van der Waals surface area (Å²) in [7, 11) is 0. The number of fused-ring (bicyclic) bond motifs is 1. The molecule has 0 aliphatic carbocycles. The monoisotopic (exact) mass is 311 g/mol. The maximum Gasteiger partial charge on any atom is 0.277 e. The number of aromatic nitrogens is 4. The van der Waals surface area contributed by atoms with Crippen LogP contribution in [0, 0.1) is 0 Å². The average molecular weight is 311 g/mol. The molecule has 0 atom stereocenters. The summed E-state index contributed by atoms with van der Waals surface area (Å²) in [4.78, 5) is 16.4. The lowest BCUT2D eigenvalue weighted by Gasteiger charge is -1.97. The van der Waals surface area contributed by atoms with Crippen LogP contribution in [0.15, 0.2) is 52.9 Å². The second kappa shape index (κ2) is 5.08. The number of hydrogen-bond acceptors (Lipinski definition) is 6. The lowest BCUT2D eigenvalue weighted by molar-refractivity contribution is 0.102. The highest BCUT2D eigenvalue weighted by molar-refractivity contribution is 7.13. The van der Waals surface area contributed by atoms with E-state index in [0.29, 0.717) is 16.5 Å². The standard InChI is InChI=1S/C14H9N5O2S/c20-13(17-14-18-15-8-22-14)10-7-19-6-9(3-4-12(19)16-10)11-2-1-5-21-11/h1-8H,(H,17,18,20). The summed E-state index contributed by atoms with van der Waals surface area (Å²) in [6.45, 7) is 0. The number of carbonyl (C=O) groups excluding carboxylic acids is 1. The summed E-state index contributed by atoms with van der Waals surface area (Å²) >= 11 is 1.25. The Kier molecular flexibility index (Phi) is 2.94. The normalized spacial score (nSPS) is 10.9. The maximum atomic E-state index is 12.1. The number of pyridine rings is 1. The topological polar surface area (TPSA) is 85.3 Å². The van der Waals surface area contributed by atoms with Gasteiger partial charge in [0.05, 0.1) is 6.26 Å². The molecule has 0 fully saturated rings. The van der Waals surface area contributed by atoms with Crippen LogP contribution in [0.4, 0.5) is 5.13 Å². The van der Waals surface area contributed by atoms with E-state index in [1.54, 1.807) is 22.4 Å². The van der Waals surface area contributed by atoms with Gasteiger partial charge in [0.1, 0.15) is 22.6 Å². The number of rotatable bonds is 3. The Labute approximate surface area is 128 Å². The number of furan rings is 1. The molecular weight excluding hydrogens is 302 g/mol. The van der Waals surface area contributed by atoms with Gasteiger partial charge in [-0.15, -0.1) is 10.2 Å². The third kappa shape index (κ3) is 2.25. The van der Waals surface area contributed by atoms with Gasteiger partial charge in [0.15, 0.2) is 0 Å². The zero-order valence-electron chi connectivity index (χ0n) is 11.1. The van der Waals surface area contributed by atoms with Gasteiger partial charge in [-0.1, -0.05) is 11.3 Å². The SMILES string of the molecule is O=C(Nc1nncs1)c1cn2cc(-c3ccco3)ccc2n1. The minimum absolute atomic E-state index is 0.312. The number of nitrogens with zero attached hydrogens (tertiary/aromatic N) is 4. The van der Waals surface area contributed by atoms with Crippen molar-refractivity contribution in [3.8, 4) is 11.3 Å². The first-order chi connectivity index (χ1) is 10.8. The van der Waals surface area contributed by atoms with Crippen molar-refractivity contribution in [3.63, 3.8) is 0 Å². The van der Waals surface area contributed by atoms with Crippen LogP contribution in [-0.4, -0.2) is 25.5 Å². The van der Waals surface area contributed by atoms with Crippen molar-refractivity contribution in [2.45, 2.75) is 0 Å². The molecule has 4 aromatic heterocycles. The summed E-state index contributed by atoms with van der Waals surface area (Å²) < 4.78 is 7.15. The molecule has 0 aliphatic heterocycles. The van der Waals surface area contributed by atoms with E-state index in [1.807, 2.05) is 30.5 Å². The molecule has 0 bridgehead atoms. The van der Waals surface area contributed by atoms with Gasteiger partial charge in [-0.2, -0.15) is 0 Å². The third-order valence-corrected chi connectivity index (χ3v) is 3.68. The highest BCUT2D eigenvalue weighted by Crippen LogP contribution is 2.20. The fraction of sp³-hybridized carbons (Fsp3) is 0. The number of amides is 1. The highest BCUT2D eigenvalue weighted by Gasteiger charge is 2.13. The summed E-state index contributed by atoms with van der Waals surface area (Å²) in [6.07, 6.45) is 5.15. The zero-order valence-corrected chi connectivity index (χ0v) is 11.9. The van der Waals surface area contributed by atoms with E-state index in [0.717, 1.165) is 11.3 Å². The summed E-state index contributed by atoms with van der Waals surface area (Å²) in [5.41, 5.74) is 3.45. The van der Waals surface area contributed by atoms with Gasteiger partial charge in [-0.3, -0.25) is 10.1 Å². The van der Waals surface area contributed by atoms with E-state index < -0.39 is 0 Å². The van der Waals surface area contributed by atoms with E-state index in [9.17, 15) is 4.79 Å². The van der Waals surface area contributed by atoms with Crippen LogP contribution in [0.3, 0.4) is 0 Å². The van der Waals surface area contributed by atoms with Crippen molar-refractivity contribution in [2.24, 2.45) is 0 Å². The van der Waals surface area contributed by atoms with Gasteiger partial charge < -0.3 is 8.82 Å². The van der Waals surface area contributed by atoms with Crippen LogP contribution >= 0.6 is 11.3 Å². The van der Waals surface area contributed by atoms with Crippen molar-refractivity contribution in [1.29, 1.82) is 0 Å². The number of anilines is 1. The number of carbonyl (C=O) groups is 1. The number of nitrogens with one attached hydrogen (secondary N) is 1. The molecular formula is C14H9N5O2S. The fourth-order valence-corrected chi connectivity index (χ4v) is 2.52. The molecule has 4 aromatic rings. The summed E-state index contributed by atoms with van der Waals surface area (Å²) in [5.74, 6) is 0.440. The van der Waals surface area contributed by atoms with Crippen LogP contribution in [0.2, 0.25) is 0 Å². The van der Waals surface area contributed by atoms with Gasteiger partial charge >= 0.3 is 0 Å². The molecule has 0 aromatic carbocycles. The van der Waals surface area contributed by atoms with Gasteiger partial charge in [-0.25, -0.2) is 4.98 Å². The predicted molar refractivity (Wildman–Crippen MR) is 80.8 cm³/mol. The first-order valence-corrected chi connectivity index (χ1v) is 7.28. The number of imidazole rings is 1. The molecule has 4 rings (SSSR count). The molecule has 0 saturated heterocycles. The van der Waals surface area contributed by atoms with Crippen molar-refractivity contribution in [3.05, 3.63) is 54.1 Å². The van der Waals surface area contributed by atoms with E-state index in [1.165, 1.54) is 11.3 Å². The molecule has 0 aliphatic rings. The van der Waals surface area contributed by atoms with Gasteiger partial charge in [0.25, 0.3) is 5.91 Å². The van der Waals surface area contributed by atoms with Crippen LogP contribution < -0.4 is 5.32 Å². The first-order valence-electron chi connectivity index (χ1n) is 6.40. The minimum Gasteiger partial charge on any atom is -0.464 e. The van der Waals surface area contributed by atoms with Crippen LogP contribution in [0.5, 0.6) is 0 Å². The Morgan fingerprint density at radius 1 is 1.27 bits per heavy atom. The second-order valence-corrected chi connectivity index (χ2v) is 5.32. The third-order valence-electron chi connectivity index (χ3n) is 3.07. The molecule has 0 unspecified atom stereocenters. The fourth-order valence-electron chi connectivity index (χ4n) is 2.08. The predicted octanol–water partition coefficient (Wildman–Crippen LogP) is 2.70. The molecule has 108 valence electrons. The van der Waals surface area contributed by atoms with Crippen LogP contribution in [-0.2, 0) is 0 Å². The van der Waals surface area contributed by atoms with E-state index in [-0.39, 0.29) is 5.91 Å². The van der Waals surface area contributed by atoms with Crippen LogP contribution in [0.25, 0.3) is 17.0 Å². The lowest BCUT2D eigenvalue weighted by Crippen LogP contribution is -2.12. The molecule has 0 radical (unpaired) electrons. The maximum absolute atomic E-state index is 12.1. The van der Waals surface area contributed by atoms with E-state index >= 15 is 0 Å². The quantitative estimate of drug-likeness (QED) is 0.628. The Hall–Kier alpha value is -3.00. The van der Waals surface area contributed by atoms with E-state index in [2.05, 4.69) is 20.5 Å². The highest BCUT2D eigenvalue weighted by atomic mass is 32.1. The van der Waals surface area contributed by atoms with E-state index in [4.69, 9.17) is 4.42 Å². The van der Waals surface area contributed by atoms with Crippen molar-refractivity contribution in [2.75, 3.05) is 5.32 Å². The largest absolute Gasteiger partial charge is 0.464 e. The summed E-state index contributed by atoms with van der Waals surface area (Å²) in [5, 5.41) is 10.5. The van der Waals surface area contributed by atoms with Gasteiger partial charge in [-0.05, 0) is 24.3 Å². The van der Waals surface area contributed by atoms with Crippen LogP contribution in [0.1, 0.15) is 10.5 Å². The lowest BCUT2D eigenvalue weighted by atomic mass is 10.2. The molecule has 22 heavy (non-hydrogen) atoms. The zero-order chi connectivity index (χ0) is 14.9. The Bertz CT molecular complexity index is 928. The molecule has 1 amide bonds. The Balaban J connectivity index is 1.67. The van der Waals surface area contributed by atoms with Crippen molar-refractivity contribution in [1.82, 2.24) is 19.6 Å². The van der Waals surface area contributed by atoms with Crippen molar-refractivity contribution < 1.29 is 9.21 Å². The Morgan fingerprint density at radius 2 is 2.23 bits per heavy atom.